The minimum Gasteiger partial charge on any atom is -0.461 e. The van der Waals surface area contributed by atoms with E-state index in [1.165, 1.54) is 0 Å². The number of benzene rings is 2. The highest BCUT2D eigenvalue weighted by atomic mass is 16.3. The Labute approximate surface area is 158 Å². The first-order valence-electron chi connectivity index (χ1n) is 8.81. The number of carbonyl (C=O) groups excluding carboxylic acids is 2. The molecular weight excluding hydrogens is 340 g/mol. The first-order chi connectivity index (χ1) is 13.0. The van der Waals surface area contributed by atoms with E-state index < -0.39 is 5.91 Å². The van der Waals surface area contributed by atoms with Gasteiger partial charge in [0.05, 0.1) is 0 Å². The first-order valence-corrected chi connectivity index (χ1v) is 8.81. The summed E-state index contributed by atoms with van der Waals surface area (Å²) in [5, 5.41) is 0. The van der Waals surface area contributed by atoms with E-state index in [4.69, 9.17) is 10.2 Å². The van der Waals surface area contributed by atoms with E-state index in [1.807, 2.05) is 67.6 Å². The lowest BCUT2D eigenvalue weighted by atomic mass is 10.1. The topological polar surface area (TPSA) is 76.5 Å². The Hall–Kier alpha value is -3.34. The number of aryl methyl sites for hydroxylation is 1. The maximum Gasteiger partial charge on any atom is 0.254 e. The highest BCUT2D eigenvalue weighted by Gasteiger charge is 2.18. The minimum atomic E-state index is -0.430. The van der Waals surface area contributed by atoms with Gasteiger partial charge in [-0.3, -0.25) is 9.59 Å². The lowest BCUT2D eigenvalue weighted by molar-refractivity contribution is -0.118. The molecule has 0 saturated carbocycles. The summed E-state index contributed by atoms with van der Waals surface area (Å²) in [5.41, 5.74) is 7.66. The molecule has 2 amide bonds. The second-order valence-electron chi connectivity index (χ2n) is 6.42. The summed E-state index contributed by atoms with van der Waals surface area (Å²) in [5.74, 6) is 0.952. The first kappa shape index (κ1) is 18.5. The third-order valence-electron chi connectivity index (χ3n) is 4.27. The quantitative estimate of drug-likeness (QED) is 0.695. The summed E-state index contributed by atoms with van der Waals surface area (Å²) < 4.78 is 5.65. The summed E-state index contributed by atoms with van der Waals surface area (Å²) >= 11 is 0. The summed E-state index contributed by atoms with van der Waals surface area (Å²) in [6, 6.07) is 20.7. The molecule has 0 aliphatic heterocycles. The second kappa shape index (κ2) is 8.36. The zero-order valence-corrected chi connectivity index (χ0v) is 15.2. The Morgan fingerprint density at radius 2 is 1.78 bits per heavy atom. The number of carbonyl (C=O) groups is 2. The lowest BCUT2D eigenvalue weighted by Gasteiger charge is -2.22. The molecule has 0 fully saturated rings. The van der Waals surface area contributed by atoms with Gasteiger partial charge in [-0.25, -0.2) is 0 Å². The fraction of sp³-hybridized carbons (Fsp3) is 0.182. The molecule has 0 aliphatic carbocycles. The van der Waals surface area contributed by atoms with Gasteiger partial charge in [-0.05, 0) is 36.8 Å². The molecule has 3 rings (SSSR count). The van der Waals surface area contributed by atoms with E-state index in [0.717, 1.165) is 16.9 Å². The van der Waals surface area contributed by atoms with Crippen LogP contribution in [0.2, 0.25) is 0 Å². The molecule has 0 bridgehead atoms. The van der Waals surface area contributed by atoms with E-state index in [9.17, 15) is 9.59 Å². The smallest absolute Gasteiger partial charge is 0.254 e. The predicted molar refractivity (Wildman–Crippen MR) is 104 cm³/mol. The van der Waals surface area contributed by atoms with Gasteiger partial charge in [0, 0.05) is 30.6 Å². The average molecular weight is 362 g/mol. The van der Waals surface area contributed by atoms with Crippen LogP contribution in [-0.2, 0) is 11.3 Å². The number of amides is 2. The summed E-state index contributed by atoms with van der Waals surface area (Å²) in [4.78, 5) is 26.0. The zero-order chi connectivity index (χ0) is 19.2. The molecule has 0 atom stereocenters. The number of hydrogen-bond donors (Lipinski definition) is 1. The van der Waals surface area contributed by atoms with E-state index in [-0.39, 0.29) is 18.9 Å². The number of rotatable bonds is 7. The minimum absolute atomic E-state index is 0.121. The van der Waals surface area contributed by atoms with Gasteiger partial charge in [0.2, 0.25) is 5.91 Å². The third-order valence-corrected chi connectivity index (χ3v) is 4.27. The highest BCUT2D eigenvalue weighted by Crippen LogP contribution is 2.23. The Bertz CT molecular complexity index is 931. The molecule has 0 aliphatic rings. The van der Waals surface area contributed by atoms with Crippen LogP contribution in [0.25, 0.3) is 11.3 Å². The van der Waals surface area contributed by atoms with Gasteiger partial charge in [0.1, 0.15) is 11.5 Å². The van der Waals surface area contributed by atoms with Gasteiger partial charge < -0.3 is 15.1 Å². The fourth-order valence-electron chi connectivity index (χ4n) is 2.88. The molecule has 2 aromatic carbocycles. The van der Waals surface area contributed by atoms with Crippen molar-refractivity contribution in [1.29, 1.82) is 0 Å². The molecular formula is C22H22N2O3. The lowest BCUT2D eigenvalue weighted by Crippen LogP contribution is -2.33. The molecule has 0 saturated heterocycles. The van der Waals surface area contributed by atoms with Crippen LogP contribution in [0.1, 0.15) is 28.1 Å². The molecule has 0 radical (unpaired) electrons. The van der Waals surface area contributed by atoms with Crippen LogP contribution in [0.5, 0.6) is 0 Å². The Morgan fingerprint density at radius 1 is 1.00 bits per heavy atom. The van der Waals surface area contributed by atoms with E-state index in [0.29, 0.717) is 17.9 Å². The standard InChI is InChI=1S/C22H22N2O3/c1-16-10-11-20(27-16)18-8-5-9-19(14-18)22(26)24(13-12-21(23)25)15-17-6-3-2-4-7-17/h2-11,14H,12-13,15H2,1H3,(H2,23,25). The van der Waals surface area contributed by atoms with E-state index in [2.05, 4.69) is 0 Å². The zero-order valence-electron chi connectivity index (χ0n) is 15.2. The molecule has 138 valence electrons. The molecule has 0 spiro atoms. The molecule has 1 heterocycles. The van der Waals surface area contributed by atoms with Crippen LogP contribution < -0.4 is 5.73 Å². The van der Waals surface area contributed by atoms with E-state index in [1.54, 1.807) is 11.0 Å². The van der Waals surface area contributed by atoms with Gasteiger partial charge in [-0.1, -0.05) is 42.5 Å². The van der Waals surface area contributed by atoms with Gasteiger partial charge in [-0.2, -0.15) is 0 Å². The Balaban J connectivity index is 1.85. The number of hydrogen-bond acceptors (Lipinski definition) is 3. The van der Waals surface area contributed by atoms with Crippen LogP contribution in [0.4, 0.5) is 0 Å². The molecule has 5 heteroatoms. The Morgan fingerprint density at radius 3 is 2.44 bits per heavy atom. The number of furan rings is 1. The number of nitrogens with zero attached hydrogens (tertiary/aromatic N) is 1. The van der Waals surface area contributed by atoms with Crippen molar-refractivity contribution in [2.45, 2.75) is 19.9 Å². The van der Waals surface area contributed by atoms with Crippen molar-refractivity contribution < 1.29 is 14.0 Å². The van der Waals surface area contributed by atoms with Crippen molar-refractivity contribution in [2.75, 3.05) is 6.54 Å². The summed E-state index contributed by atoms with van der Waals surface area (Å²) in [6.07, 6.45) is 0.121. The molecule has 0 unspecified atom stereocenters. The van der Waals surface area contributed by atoms with Crippen molar-refractivity contribution in [3.05, 3.63) is 83.6 Å². The van der Waals surface area contributed by atoms with Crippen LogP contribution in [-0.4, -0.2) is 23.3 Å². The summed E-state index contributed by atoms with van der Waals surface area (Å²) in [7, 11) is 0. The SMILES string of the molecule is Cc1ccc(-c2cccc(C(=O)N(CCC(N)=O)Cc3ccccc3)c2)o1. The van der Waals surface area contributed by atoms with E-state index >= 15 is 0 Å². The van der Waals surface area contributed by atoms with Gasteiger partial charge in [0.25, 0.3) is 5.91 Å². The molecule has 1 aromatic heterocycles. The van der Waals surface area contributed by atoms with Crippen molar-refractivity contribution in [2.24, 2.45) is 5.73 Å². The number of primary amides is 1. The normalized spacial score (nSPS) is 10.6. The highest BCUT2D eigenvalue weighted by molar-refractivity contribution is 5.95. The molecule has 27 heavy (non-hydrogen) atoms. The molecule has 3 aromatic rings. The van der Waals surface area contributed by atoms with Crippen molar-refractivity contribution in [3.8, 4) is 11.3 Å². The van der Waals surface area contributed by atoms with Crippen molar-refractivity contribution in [3.63, 3.8) is 0 Å². The molecule has 5 nitrogen and oxygen atoms in total. The van der Waals surface area contributed by atoms with Crippen LogP contribution >= 0.6 is 0 Å². The fourth-order valence-corrected chi connectivity index (χ4v) is 2.88. The monoisotopic (exact) mass is 362 g/mol. The largest absolute Gasteiger partial charge is 0.461 e. The maximum absolute atomic E-state index is 13.1. The van der Waals surface area contributed by atoms with Gasteiger partial charge >= 0.3 is 0 Å². The van der Waals surface area contributed by atoms with Gasteiger partial charge in [-0.15, -0.1) is 0 Å². The average Bonchev–Trinajstić information content (AvgIpc) is 3.12. The summed E-state index contributed by atoms with van der Waals surface area (Å²) in [6.45, 7) is 2.56. The second-order valence-corrected chi connectivity index (χ2v) is 6.42. The number of nitrogens with two attached hydrogens (primary N) is 1. The van der Waals surface area contributed by atoms with Crippen LogP contribution in [0, 0.1) is 6.92 Å². The maximum atomic E-state index is 13.1. The Kier molecular flexibility index (Phi) is 5.71. The van der Waals surface area contributed by atoms with Gasteiger partial charge in [0.15, 0.2) is 0 Å². The van der Waals surface area contributed by atoms with Crippen LogP contribution in [0.3, 0.4) is 0 Å². The van der Waals surface area contributed by atoms with Crippen molar-refractivity contribution in [1.82, 2.24) is 4.90 Å². The van der Waals surface area contributed by atoms with Crippen molar-refractivity contribution >= 4 is 11.8 Å². The predicted octanol–water partition coefficient (Wildman–Crippen LogP) is 3.77. The van der Waals surface area contributed by atoms with Crippen LogP contribution in [0.15, 0.2) is 71.1 Å². The third kappa shape index (κ3) is 4.85. The molecule has 2 N–H and O–H groups in total.